The number of hydrogen-bond acceptors (Lipinski definition) is 5. The van der Waals surface area contributed by atoms with Crippen LogP contribution in [0.1, 0.15) is 203 Å². The summed E-state index contributed by atoms with van der Waals surface area (Å²) in [5.74, 6) is -0.227. The van der Waals surface area contributed by atoms with Gasteiger partial charge in [0.2, 0.25) is 11.8 Å². The number of aromatic carboxylic acids is 1. The van der Waals surface area contributed by atoms with Gasteiger partial charge in [-0.25, -0.2) is 4.79 Å². The van der Waals surface area contributed by atoms with Crippen molar-refractivity contribution in [2.24, 2.45) is 0 Å². The molecule has 1 aromatic rings. The van der Waals surface area contributed by atoms with Crippen molar-refractivity contribution in [3.63, 3.8) is 0 Å². The molecule has 53 heavy (non-hydrogen) atoms. The van der Waals surface area contributed by atoms with E-state index in [9.17, 15) is 9.90 Å². The standard InChI is InChI=1S/C47H80N2O4/c1-6-9-11-13-15-17-19-21-23-25-27-29-31-33-35-37-39-52-44-41-42(47(50)51)45(43(8-3)49(4)5)46(48-44)53-40-38-36-34-32-30-28-26-24-22-20-18-16-14-12-10-7-2/h15-18,21-24,41,43H,6-14,19-20,25-40H2,1-5H3,(H,50,51)/b17-15-,18-16-,23-21-,24-22-. The molecule has 0 spiro atoms. The molecule has 0 bridgehead atoms. The number of carbonyl (C=O) groups is 1. The lowest BCUT2D eigenvalue weighted by molar-refractivity contribution is 0.0691. The Morgan fingerprint density at radius 2 is 1.04 bits per heavy atom. The van der Waals surface area contributed by atoms with Gasteiger partial charge in [-0.1, -0.05) is 146 Å². The van der Waals surface area contributed by atoms with Crippen LogP contribution in [0, 0.1) is 0 Å². The van der Waals surface area contributed by atoms with Crippen molar-refractivity contribution in [2.75, 3.05) is 27.3 Å². The summed E-state index contributed by atoms with van der Waals surface area (Å²) in [5, 5.41) is 10.2. The highest BCUT2D eigenvalue weighted by molar-refractivity contribution is 5.90. The first-order valence-corrected chi connectivity index (χ1v) is 21.8. The molecule has 1 N–H and O–H groups in total. The highest BCUT2D eigenvalue weighted by Gasteiger charge is 2.27. The molecule has 0 aliphatic rings. The summed E-state index contributed by atoms with van der Waals surface area (Å²) in [5.41, 5.74) is 0.866. The van der Waals surface area contributed by atoms with E-state index < -0.39 is 5.97 Å². The molecule has 6 heteroatoms. The van der Waals surface area contributed by atoms with Crippen LogP contribution in [-0.2, 0) is 0 Å². The molecular weight excluding hydrogens is 657 g/mol. The molecule has 0 aromatic carbocycles. The maximum Gasteiger partial charge on any atom is 0.336 e. The lowest BCUT2D eigenvalue weighted by Crippen LogP contribution is -2.23. The molecule has 1 unspecified atom stereocenters. The lowest BCUT2D eigenvalue weighted by atomic mass is 9.99. The van der Waals surface area contributed by atoms with Gasteiger partial charge in [0.05, 0.1) is 18.8 Å². The maximum absolute atomic E-state index is 12.5. The number of pyridine rings is 1. The Kier molecular flexibility index (Phi) is 31.7. The van der Waals surface area contributed by atoms with E-state index >= 15 is 0 Å². The topological polar surface area (TPSA) is 71.9 Å². The van der Waals surface area contributed by atoms with E-state index in [-0.39, 0.29) is 11.6 Å². The third-order valence-electron chi connectivity index (χ3n) is 9.75. The van der Waals surface area contributed by atoms with Gasteiger partial charge < -0.3 is 19.5 Å². The van der Waals surface area contributed by atoms with Gasteiger partial charge in [-0.05, 0) is 97.6 Å². The fourth-order valence-electron chi connectivity index (χ4n) is 6.55. The zero-order valence-corrected chi connectivity index (χ0v) is 34.9. The average molecular weight is 737 g/mol. The Hall–Kier alpha value is -2.86. The minimum absolute atomic E-state index is 0.110. The van der Waals surface area contributed by atoms with Crippen molar-refractivity contribution in [1.82, 2.24) is 9.88 Å². The zero-order chi connectivity index (χ0) is 38.6. The van der Waals surface area contributed by atoms with Gasteiger partial charge in [0, 0.05) is 17.7 Å². The van der Waals surface area contributed by atoms with Crippen LogP contribution in [0.25, 0.3) is 0 Å². The molecule has 6 nitrogen and oxygen atoms in total. The van der Waals surface area contributed by atoms with Crippen LogP contribution in [0.2, 0.25) is 0 Å². The third kappa shape index (κ3) is 25.7. The van der Waals surface area contributed by atoms with E-state index in [1.165, 1.54) is 103 Å². The molecule has 1 aromatic heterocycles. The minimum Gasteiger partial charge on any atom is -0.478 e. The van der Waals surface area contributed by atoms with Crippen molar-refractivity contribution in [1.29, 1.82) is 0 Å². The summed E-state index contributed by atoms with van der Waals surface area (Å²) >= 11 is 0. The number of carboxylic acid groups (broad SMARTS) is 1. The predicted octanol–water partition coefficient (Wildman–Crippen LogP) is 14.2. The second-order valence-corrected chi connectivity index (χ2v) is 14.8. The summed E-state index contributed by atoms with van der Waals surface area (Å²) in [6, 6.07) is 1.48. The van der Waals surface area contributed by atoms with E-state index in [2.05, 4.69) is 69.4 Å². The van der Waals surface area contributed by atoms with Gasteiger partial charge in [0.15, 0.2) is 0 Å². The molecule has 1 rings (SSSR count). The number of unbranched alkanes of at least 4 members (excludes halogenated alkanes) is 18. The summed E-state index contributed by atoms with van der Waals surface area (Å²) in [6.45, 7) is 7.61. The lowest BCUT2D eigenvalue weighted by Gasteiger charge is -2.26. The number of nitrogens with zero attached hydrogens (tertiary/aromatic N) is 2. The number of hydrogen-bond donors (Lipinski definition) is 1. The highest BCUT2D eigenvalue weighted by Crippen LogP contribution is 2.35. The van der Waals surface area contributed by atoms with Crippen molar-refractivity contribution < 1.29 is 19.4 Å². The Labute approximate surface area is 326 Å². The number of ether oxygens (including phenoxy) is 2. The molecule has 0 saturated carbocycles. The maximum atomic E-state index is 12.5. The summed E-state index contributed by atoms with van der Waals surface area (Å²) in [6.07, 6.45) is 47.8. The monoisotopic (exact) mass is 737 g/mol. The molecule has 0 amide bonds. The first-order chi connectivity index (χ1) is 26.0. The number of allylic oxidation sites excluding steroid dienone is 8. The highest BCUT2D eigenvalue weighted by atomic mass is 16.5. The number of aromatic nitrogens is 1. The molecule has 302 valence electrons. The van der Waals surface area contributed by atoms with Crippen molar-refractivity contribution in [3.8, 4) is 11.8 Å². The number of carboxylic acids is 1. The molecule has 0 aliphatic heterocycles. The Morgan fingerprint density at radius 3 is 1.45 bits per heavy atom. The largest absolute Gasteiger partial charge is 0.478 e. The summed E-state index contributed by atoms with van der Waals surface area (Å²) in [4.78, 5) is 19.2. The van der Waals surface area contributed by atoms with Crippen molar-refractivity contribution >= 4 is 5.97 Å². The van der Waals surface area contributed by atoms with E-state index in [0.717, 1.165) is 57.8 Å². The smallest absolute Gasteiger partial charge is 0.336 e. The van der Waals surface area contributed by atoms with Gasteiger partial charge in [0.1, 0.15) is 0 Å². The predicted molar refractivity (Wildman–Crippen MR) is 228 cm³/mol. The van der Waals surface area contributed by atoms with Crippen LogP contribution < -0.4 is 9.47 Å². The minimum atomic E-state index is -0.972. The van der Waals surface area contributed by atoms with Crippen molar-refractivity contribution in [2.45, 2.75) is 187 Å². The van der Waals surface area contributed by atoms with Gasteiger partial charge in [-0.3, -0.25) is 0 Å². The van der Waals surface area contributed by atoms with Crippen LogP contribution in [0.4, 0.5) is 0 Å². The second-order valence-electron chi connectivity index (χ2n) is 14.8. The van der Waals surface area contributed by atoms with Crippen LogP contribution >= 0.6 is 0 Å². The first kappa shape index (κ1) is 48.2. The van der Waals surface area contributed by atoms with Gasteiger partial charge in [-0.2, -0.15) is 4.98 Å². The molecule has 1 heterocycles. The van der Waals surface area contributed by atoms with E-state index in [1.807, 2.05) is 19.0 Å². The van der Waals surface area contributed by atoms with E-state index in [4.69, 9.17) is 14.5 Å². The van der Waals surface area contributed by atoms with Crippen LogP contribution in [0.5, 0.6) is 11.8 Å². The summed E-state index contributed by atoms with van der Waals surface area (Å²) < 4.78 is 12.3. The van der Waals surface area contributed by atoms with Crippen LogP contribution in [-0.4, -0.2) is 48.3 Å². The zero-order valence-electron chi connectivity index (χ0n) is 34.9. The number of rotatable bonds is 36. The van der Waals surface area contributed by atoms with Gasteiger partial charge in [-0.15, -0.1) is 0 Å². The Morgan fingerprint density at radius 1 is 0.623 bits per heavy atom. The average Bonchev–Trinajstić information content (AvgIpc) is 3.14. The van der Waals surface area contributed by atoms with E-state index in [0.29, 0.717) is 30.5 Å². The second kappa shape index (κ2) is 34.9. The molecule has 0 fully saturated rings. The fourth-order valence-corrected chi connectivity index (χ4v) is 6.55. The SMILES string of the molecule is CCCCC/C=C\C/C=C\CCCCCCCCOc1cc(C(=O)O)c(C(CC)N(C)C)c(OCCCCCCCC/C=C\C/C=C\CCCCC)n1. The Balaban J connectivity index is 2.44. The van der Waals surface area contributed by atoms with Crippen LogP contribution in [0.3, 0.4) is 0 Å². The van der Waals surface area contributed by atoms with Crippen molar-refractivity contribution in [3.05, 3.63) is 65.8 Å². The van der Waals surface area contributed by atoms with Gasteiger partial charge >= 0.3 is 5.97 Å². The molecule has 0 radical (unpaired) electrons. The fraction of sp³-hybridized carbons (Fsp3) is 0.702. The summed E-state index contributed by atoms with van der Waals surface area (Å²) in [7, 11) is 3.95. The molecule has 1 atom stereocenters. The molecular formula is C47H80N2O4. The molecule has 0 aliphatic carbocycles. The molecule has 0 saturated heterocycles. The van der Waals surface area contributed by atoms with Gasteiger partial charge in [0.25, 0.3) is 0 Å². The normalized spacial score (nSPS) is 12.7. The first-order valence-electron chi connectivity index (χ1n) is 21.8. The quantitative estimate of drug-likeness (QED) is 0.0546. The van der Waals surface area contributed by atoms with E-state index in [1.54, 1.807) is 6.07 Å². The Bertz CT molecular complexity index is 1140. The van der Waals surface area contributed by atoms with Crippen LogP contribution in [0.15, 0.2) is 54.7 Å². The third-order valence-corrected chi connectivity index (χ3v) is 9.75.